The van der Waals surface area contributed by atoms with Crippen molar-refractivity contribution in [2.24, 2.45) is 0 Å². The predicted molar refractivity (Wildman–Crippen MR) is 70.1 cm³/mol. The first-order chi connectivity index (χ1) is 8.19. The molecular weight excluding hydrogens is 232 g/mol. The summed E-state index contributed by atoms with van der Waals surface area (Å²) in [6.07, 6.45) is 1.54. The molecule has 0 spiro atoms. The zero-order valence-corrected chi connectivity index (χ0v) is 11.2. The molecule has 0 bridgehead atoms. The Morgan fingerprint density at radius 3 is 2.50 bits per heavy atom. The fourth-order valence-electron chi connectivity index (χ4n) is 1.49. The Morgan fingerprint density at radius 1 is 1.44 bits per heavy atom. The van der Waals surface area contributed by atoms with Gasteiger partial charge >= 0.3 is 0 Å². The predicted octanol–water partition coefficient (Wildman–Crippen LogP) is 0.584. The monoisotopic (exact) mass is 252 g/mol. The lowest BCUT2D eigenvalue weighted by Gasteiger charge is -2.23. The van der Waals surface area contributed by atoms with Crippen LogP contribution in [0.3, 0.4) is 0 Å². The number of nitrogens with one attached hydrogen (secondary N) is 2. The quantitative estimate of drug-likeness (QED) is 0.735. The molecular formula is C12H20N4O2. The van der Waals surface area contributed by atoms with Gasteiger partial charge in [0.25, 0.3) is 5.91 Å². The smallest absolute Gasteiger partial charge is 0.270 e. The third-order valence-electron chi connectivity index (χ3n) is 2.18. The van der Waals surface area contributed by atoms with E-state index in [1.807, 2.05) is 20.8 Å². The molecule has 0 aliphatic rings. The molecule has 0 aromatic carbocycles. The molecule has 1 aromatic heterocycles. The number of carbonyl (C=O) groups is 2. The number of nitrogen functional groups attached to an aromatic ring is 1. The van der Waals surface area contributed by atoms with E-state index in [0.717, 1.165) is 0 Å². The molecule has 2 amide bonds. The van der Waals surface area contributed by atoms with Crippen LogP contribution in [0.5, 0.6) is 0 Å². The third-order valence-corrected chi connectivity index (χ3v) is 2.18. The van der Waals surface area contributed by atoms with Crippen molar-refractivity contribution in [3.63, 3.8) is 0 Å². The van der Waals surface area contributed by atoms with Crippen molar-refractivity contribution in [1.82, 2.24) is 15.2 Å². The highest BCUT2D eigenvalue weighted by molar-refractivity contribution is 5.95. The number of hydrogen-bond acceptors (Lipinski definition) is 3. The van der Waals surface area contributed by atoms with Crippen molar-refractivity contribution >= 4 is 17.5 Å². The zero-order chi connectivity index (χ0) is 13.9. The van der Waals surface area contributed by atoms with Crippen LogP contribution in [-0.4, -0.2) is 40.8 Å². The summed E-state index contributed by atoms with van der Waals surface area (Å²) in [6, 6.07) is 1.54. The zero-order valence-electron chi connectivity index (χ0n) is 11.2. The molecule has 18 heavy (non-hydrogen) atoms. The normalized spacial score (nSPS) is 11.1. The summed E-state index contributed by atoms with van der Waals surface area (Å²) in [5.41, 5.74) is 6.08. The highest BCUT2D eigenvalue weighted by Gasteiger charge is 2.19. The molecule has 6 nitrogen and oxygen atoms in total. The van der Waals surface area contributed by atoms with Crippen molar-refractivity contribution < 1.29 is 9.59 Å². The first-order valence-electron chi connectivity index (χ1n) is 5.69. The Morgan fingerprint density at radius 2 is 2.06 bits per heavy atom. The van der Waals surface area contributed by atoms with E-state index in [4.69, 9.17) is 5.73 Å². The van der Waals surface area contributed by atoms with Gasteiger partial charge in [0.1, 0.15) is 5.69 Å². The molecule has 1 rings (SSSR count). The SMILES string of the molecule is CN(CC(=O)NC(C)(C)C)C(=O)c1cc(N)c[nH]1. The number of likely N-dealkylation sites (N-methyl/N-ethyl adjacent to an activating group) is 1. The van der Waals surface area contributed by atoms with Crippen LogP contribution in [0.2, 0.25) is 0 Å². The van der Waals surface area contributed by atoms with E-state index >= 15 is 0 Å². The molecule has 0 fully saturated rings. The molecule has 4 N–H and O–H groups in total. The maximum atomic E-state index is 11.9. The molecule has 1 heterocycles. The van der Waals surface area contributed by atoms with Gasteiger partial charge in [0.15, 0.2) is 0 Å². The first-order valence-corrected chi connectivity index (χ1v) is 5.69. The number of anilines is 1. The maximum absolute atomic E-state index is 11.9. The second-order valence-electron chi connectivity index (χ2n) is 5.31. The number of nitrogens with two attached hydrogens (primary N) is 1. The third kappa shape index (κ3) is 4.12. The number of carbonyl (C=O) groups excluding carboxylic acids is 2. The van der Waals surface area contributed by atoms with Crippen LogP contribution < -0.4 is 11.1 Å². The van der Waals surface area contributed by atoms with Gasteiger partial charge in [-0.2, -0.15) is 0 Å². The van der Waals surface area contributed by atoms with Crippen molar-refractivity contribution in [1.29, 1.82) is 0 Å². The molecule has 0 radical (unpaired) electrons. The Labute approximate surface area is 107 Å². The van der Waals surface area contributed by atoms with E-state index in [9.17, 15) is 9.59 Å². The molecule has 0 atom stereocenters. The molecule has 0 saturated carbocycles. The van der Waals surface area contributed by atoms with Gasteiger partial charge in [-0.3, -0.25) is 9.59 Å². The minimum absolute atomic E-state index is 0.00896. The standard InChI is InChI=1S/C12H20N4O2/c1-12(2,3)15-10(17)7-16(4)11(18)9-5-8(13)6-14-9/h5-6,14H,7,13H2,1-4H3,(H,15,17). The number of nitrogens with zero attached hydrogens (tertiary/aromatic N) is 1. The van der Waals surface area contributed by atoms with Crippen LogP contribution in [0.25, 0.3) is 0 Å². The second kappa shape index (κ2) is 5.12. The fourth-order valence-corrected chi connectivity index (χ4v) is 1.49. The van der Waals surface area contributed by atoms with Crippen LogP contribution >= 0.6 is 0 Å². The van der Waals surface area contributed by atoms with E-state index in [-0.39, 0.29) is 23.9 Å². The van der Waals surface area contributed by atoms with Gasteiger partial charge in [0.2, 0.25) is 5.91 Å². The number of rotatable bonds is 3. The van der Waals surface area contributed by atoms with Crippen LogP contribution in [-0.2, 0) is 4.79 Å². The topological polar surface area (TPSA) is 91.2 Å². The number of hydrogen-bond donors (Lipinski definition) is 3. The van der Waals surface area contributed by atoms with Crippen molar-refractivity contribution in [3.05, 3.63) is 18.0 Å². The van der Waals surface area contributed by atoms with Gasteiger partial charge in [0.05, 0.1) is 6.54 Å². The van der Waals surface area contributed by atoms with Crippen LogP contribution in [0, 0.1) is 0 Å². The van der Waals surface area contributed by atoms with Gasteiger partial charge in [-0.25, -0.2) is 0 Å². The van der Waals surface area contributed by atoms with Crippen LogP contribution in [0.15, 0.2) is 12.3 Å². The Bertz CT molecular complexity index is 445. The summed E-state index contributed by atoms with van der Waals surface area (Å²) in [5.74, 6) is -0.464. The van der Waals surface area contributed by atoms with Crippen LogP contribution in [0.1, 0.15) is 31.3 Å². The Balaban J connectivity index is 2.58. The summed E-state index contributed by atoms with van der Waals surface area (Å²) in [4.78, 5) is 27.7. The van der Waals surface area contributed by atoms with E-state index in [2.05, 4.69) is 10.3 Å². The number of H-pyrrole nitrogens is 1. The molecule has 0 unspecified atom stereocenters. The Kier molecular flexibility index (Phi) is 4.00. The fraction of sp³-hybridized carbons (Fsp3) is 0.500. The summed E-state index contributed by atoms with van der Waals surface area (Å²) in [7, 11) is 1.57. The summed E-state index contributed by atoms with van der Waals surface area (Å²) >= 11 is 0. The lowest BCUT2D eigenvalue weighted by atomic mass is 10.1. The summed E-state index contributed by atoms with van der Waals surface area (Å²) < 4.78 is 0. The van der Waals surface area contributed by atoms with Crippen molar-refractivity contribution in [3.8, 4) is 0 Å². The molecule has 0 aliphatic heterocycles. The van der Waals surface area contributed by atoms with Gasteiger partial charge in [-0.15, -0.1) is 0 Å². The van der Waals surface area contributed by atoms with E-state index in [0.29, 0.717) is 11.4 Å². The lowest BCUT2D eigenvalue weighted by Crippen LogP contribution is -2.46. The molecule has 1 aromatic rings. The average Bonchev–Trinajstić information content (AvgIpc) is 2.60. The number of aromatic nitrogens is 1. The molecule has 0 saturated heterocycles. The maximum Gasteiger partial charge on any atom is 0.270 e. The molecule has 0 aliphatic carbocycles. The van der Waals surface area contributed by atoms with Gasteiger partial charge in [-0.05, 0) is 26.8 Å². The van der Waals surface area contributed by atoms with E-state index in [1.165, 1.54) is 11.1 Å². The summed E-state index contributed by atoms with van der Waals surface area (Å²) in [6.45, 7) is 5.67. The minimum Gasteiger partial charge on any atom is -0.397 e. The molecule has 6 heteroatoms. The van der Waals surface area contributed by atoms with Gasteiger partial charge in [0, 0.05) is 24.5 Å². The van der Waals surface area contributed by atoms with Crippen LogP contribution in [0.4, 0.5) is 5.69 Å². The van der Waals surface area contributed by atoms with E-state index < -0.39 is 0 Å². The van der Waals surface area contributed by atoms with Crippen molar-refractivity contribution in [2.45, 2.75) is 26.3 Å². The van der Waals surface area contributed by atoms with Gasteiger partial charge in [-0.1, -0.05) is 0 Å². The van der Waals surface area contributed by atoms with E-state index in [1.54, 1.807) is 13.1 Å². The lowest BCUT2D eigenvalue weighted by molar-refractivity contribution is -0.122. The van der Waals surface area contributed by atoms with Crippen molar-refractivity contribution in [2.75, 3.05) is 19.3 Å². The first kappa shape index (κ1) is 14.1. The number of aromatic amines is 1. The minimum atomic E-state index is -0.308. The number of amides is 2. The highest BCUT2D eigenvalue weighted by atomic mass is 16.2. The largest absolute Gasteiger partial charge is 0.397 e. The second-order valence-corrected chi connectivity index (χ2v) is 5.31. The highest BCUT2D eigenvalue weighted by Crippen LogP contribution is 2.07. The Hall–Kier alpha value is -1.98. The van der Waals surface area contributed by atoms with Gasteiger partial charge < -0.3 is 20.9 Å². The summed E-state index contributed by atoms with van der Waals surface area (Å²) in [5, 5.41) is 2.79. The average molecular weight is 252 g/mol. The molecule has 100 valence electrons.